The third-order valence-corrected chi connectivity index (χ3v) is 5.95. The topological polar surface area (TPSA) is 77.3 Å². The number of ether oxygens (including phenoxy) is 1. The molecule has 0 spiro atoms. The lowest BCUT2D eigenvalue weighted by Crippen LogP contribution is -2.29. The Labute approximate surface area is 183 Å². The van der Waals surface area contributed by atoms with E-state index in [0.717, 1.165) is 12.0 Å². The van der Waals surface area contributed by atoms with Crippen LogP contribution in [0.1, 0.15) is 27.1 Å². The normalized spacial score (nSPS) is 13.2. The van der Waals surface area contributed by atoms with Gasteiger partial charge in [0.05, 0.1) is 17.0 Å². The Kier molecular flexibility index (Phi) is 6.17. The van der Waals surface area contributed by atoms with Gasteiger partial charge in [-0.3, -0.25) is 14.5 Å². The van der Waals surface area contributed by atoms with Gasteiger partial charge < -0.3 is 9.30 Å². The summed E-state index contributed by atoms with van der Waals surface area (Å²) < 4.78 is 7.15. The predicted molar refractivity (Wildman–Crippen MR) is 115 cm³/mol. The van der Waals surface area contributed by atoms with Gasteiger partial charge in [0.2, 0.25) is 0 Å². The molecule has 2 aromatic carbocycles. The van der Waals surface area contributed by atoms with Crippen LogP contribution in [0.4, 0.5) is 0 Å². The number of benzene rings is 2. The first-order valence-corrected chi connectivity index (χ1v) is 10.7. The van der Waals surface area contributed by atoms with Gasteiger partial charge in [0.1, 0.15) is 0 Å². The predicted octanol–water partition coefficient (Wildman–Crippen LogP) is 3.98. The van der Waals surface area contributed by atoms with E-state index in [4.69, 9.17) is 16.3 Å². The Hall–Kier alpha value is -2.68. The van der Waals surface area contributed by atoms with Gasteiger partial charge in [-0.15, -0.1) is 10.2 Å². The van der Waals surface area contributed by atoms with E-state index in [1.807, 2.05) is 16.7 Å². The second kappa shape index (κ2) is 8.99. The SMILES string of the molecule is COCCCn1c(SCN2C(=O)c3ccccc3C2=O)nnc1-c1ccc(Cl)cc1. The van der Waals surface area contributed by atoms with E-state index in [1.165, 1.54) is 16.7 Å². The van der Waals surface area contributed by atoms with Crippen LogP contribution in [0.3, 0.4) is 0 Å². The van der Waals surface area contributed by atoms with Gasteiger partial charge >= 0.3 is 0 Å². The molecule has 154 valence electrons. The second-order valence-corrected chi connectivity index (χ2v) is 8.02. The Morgan fingerprint density at radius 1 is 1.00 bits per heavy atom. The van der Waals surface area contributed by atoms with Gasteiger partial charge in [0, 0.05) is 30.8 Å². The highest BCUT2D eigenvalue weighted by atomic mass is 35.5. The number of fused-ring (bicyclic) bond motifs is 1. The Morgan fingerprint density at radius 3 is 2.30 bits per heavy atom. The van der Waals surface area contributed by atoms with Gasteiger partial charge in [-0.1, -0.05) is 35.5 Å². The van der Waals surface area contributed by atoms with Gasteiger partial charge in [0.25, 0.3) is 11.8 Å². The molecule has 0 bridgehead atoms. The zero-order valence-electron chi connectivity index (χ0n) is 16.2. The summed E-state index contributed by atoms with van der Waals surface area (Å²) in [5.74, 6) is 0.292. The number of rotatable bonds is 8. The molecule has 0 unspecified atom stereocenters. The molecule has 1 aromatic heterocycles. The number of thioether (sulfide) groups is 1. The molecular formula is C21H19ClN4O3S. The summed E-state index contributed by atoms with van der Waals surface area (Å²) >= 11 is 7.31. The van der Waals surface area contributed by atoms with Crippen LogP contribution in [-0.2, 0) is 11.3 Å². The van der Waals surface area contributed by atoms with Gasteiger partial charge in [-0.25, -0.2) is 0 Å². The summed E-state index contributed by atoms with van der Waals surface area (Å²) in [6.07, 6.45) is 0.774. The summed E-state index contributed by atoms with van der Waals surface area (Å²) in [4.78, 5) is 26.4. The van der Waals surface area contributed by atoms with E-state index in [1.54, 1.807) is 43.5 Å². The average molecular weight is 443 g/mol. The molecule has 4 rings (SSSR count). The largest absolute Gasteiger partial charge is 0.385 e. The van der Waals surface area contributed by atoms with Crippen molar-refractivity contribution in [1.29, 1.82) is 0 Å². The maximum absolute atomic E-state index is 12.6. The summed E-state index contributed by atoms with van der Waals surface area (Å²) in [7, 11) is 1.66. The molecule has 9 heteroatoms. The Balaban J connectivity index is 1.56. The first-order chi connectivity index (χ1) is 14.6. The third kappa shape index (κ3) is 3.98. The minimum absolute atomic E-state index is 0.162. The van der Waals surface area contributed by atoms with Gasteiger partial charge in [0.15, 0.2) is 11.0 Å². The van der Waals surface area contributed by atoms with E-state index in [9.17, 15) is 9.59 Å². The molecule has 0 aliphatic carbocycles. The van der Waals surface area contributed by atoms with Crippen molar-refractivity contribution in [3.05, 3.63) is 64.7 Å². The molecule has 0 saturated carbocycles. The Morgan fingerprint density at radius 2 is 1.67 bits per heavy atom. The first kappa shape index (κ1) is 20.6. The lowest BCUT2D eigenvalue weighted by Gasteiger charge is -2.14. The van der Waals surface area contributed by atoms with Crippen LogP contribution < -0.4 is 0 Å². The number of aromatic nitrogens is 3. The number of carbonyl (C=O) groups excluding carboxylic acids is 2. The van der Waals surface area contributed by atoms with Crippen LogP contribution in [0, 0.1) is 0 Å². The summed E-state index contributed by atoms with van der Waals surface area (Å²) in [5.41, 5.74) is 1.76. The lowest BCUT2D eigenvalue weighted by molar-refractivity contribution is 0.0684. The number of amides is 2. The second-order valence-electron chi connectivity index (χ2n) is 6.67. The van der Waals surface area contributed by atoms with Crippen molar-refractivity contribution in [2.24, 2.45) is 0 Å². The fourth-order valence-corrected chi connectivity index (χ4v) is 4.29. The smallest absolute Gasteiger partial charge is 0.262 e. The molecule has 7 nitrogen and oxygen atoms in total. The number of carbonyl (C=O) groups is 2. The lowest BCUT2D eigenvalue weighted by atomic mass is 10.1. The van der Waals surface area contributed by atoms with E-state index < -0.39 is 0 Å². The number of halogens is 1. The quantitative estimate of drug-likeness (QED) is 0.298. The zero-order chi connectivity index (χ0) is 21.1. The molecule has 30 heavy (non-hydrogen) atoms. The Bertz CT molecular complexity index is 1050. The molecule has 1 aliphatic rings. The maximum atomic E-state index is 12.6. The molecule has 2 heterocycles. The van der Waals surface area contributed by atoms with Crippen molar-refractivity contribution in [3.8, 4) is 11.4 Å². The fraction of sp³-hybridized carbons (Fsp3) is 0.238. The first-order valence-electron chi connectivity index (χ1n) is 9.36. The van der Waals surface area contributed by atoms with Gasteiger partial charge in [-0.2, -0.15) is 0 Å². The molecule has 0 fully saturated rings. The van der Waals surface area contributed by atoms with Crippen LogP contribution in [-0.4, -0.2) is 51.1 Å². The number of imide groups is 1. The minimum Gasteiger partial charge on any atom is -0.385 e. The van der Waals surface area contributed by atoms with Gasteiger partial charge in [-0.05, 0) is 42.8 Å². The highest BCUT2D eigenvalue weighted by Gasteiger charge is 2.35. The van der Waals surface area contributed by atoms with Crippen molar-refractivity contribution < 1.29 is 14.3 Å². The maximum Gasteiger partial charge on any atom is 0.262 e. The molecule has 2 amide bonds. The monoisotopic (exact) mass is 442 g/mol. The summed E-state index contributed by atoms with van der Waals surface area (Å²) in [6, 6.07) is 14.2. The van der Waals surface area contributed by atoms with E-state index in [0.29, 0.717) is 40.3 Å². The minimum atomic E-state index is -0.286. The molecule has 0 saturated heterocycles. The van der Waals surface area contributed by atoms with Crippen molar-refractivity contribution >= 4 is 35.2 Å². The van der Waals surface area contributed by atoms with Crippen molar-refractivity contribution in [2.45, 2.75) is 18.1 Å². The number of hydrogen-bond donors (Lipinski definition) is 0. The van der Waals surface area contributed by atoms with Crippen LogP contribution in [0.2, 0.25) is 5.02 Å². The average Bonchev–Trinajstić information content (AvgIpc) is 3.27. The molecule has 3 aromatic rings. The molecule has 0 atom stereocenters. The number of methoxy groups -OCH3 is 1. The summed E-state index contributed by atoms with van der Waals surface area (Å²) in [6.45, 7) is 1.24. The third-order valence-electron chi connectivity index (χ3n) is 4.75. The van der Waals surface area contributed by atoms with E-state index in [2.05, 4.69) is 10.2 Å². The summed E-state index contributed by atoms with van der Waals surface area (Å²) in [5, 5.41) is 9.92. The highest BCUT2D eigenvalue weighted by Crippen LogP contribution is 2.29. The van der Waals surface area contributed by atoms with Crippen LogP contribution in [0.5, 0.6) is 0 Å². The molecule has 0 N–H and O–H groups in total. The van der Waals surface area contributed by atoms with Crippen LogP contribution >= 0.6 is 23.4 Å². The highest BCUT2D eigenvalue weighted by molar-refractivity contribution is 7.99. The standard InChI is InChI=1S/C21H19ClN4O3S/c1-29-12-4-11-25-18(14-7-9-15(22)10-8-14)23-24-21(25)30-13-26-19(27)16-5-2-3-6-17(16)20(26)28/h2-3,5-10H,4,11-13H2,1H3. The fourth-order valence-electron chi connectivity index (χ4n) is 3.26. The molecule has 0 radical (unpaired) electrons. The van der Waals surface area contributed by atoms with E-state index in [-0.39, 0.29) is 17.7 Å². The van der Waals surface area contributed by atoms with E-state index >= 15 is 0 Å². The number of nitrogens with zero attached hydrogens (tertiary/aromatic N) is 4. The number of hydrogen-bond acceptors (Lipinski definition) is 6. The zero-order valence-corrected chi connectivity index (χ0v) is 17.8. The van der Waals surface area contributed by atoms with Crippen LogP contribution in [0.15, 0.2) is 53.7 Å². The van der Waals surface area contributed by atoms with Crippen molar-refractivity contribution in [2.75, 3.05) is 19.6 Å². The van der Waals surface area contributed by atoms with Crippen LogP contribution in [0.25, 0.3) is 11.4 Å². The van der Waals surface area contributed by atoms with Crippen molar-refractivity contribution in [1.82, 2.24) is 19.7 Å². The molecular weight excluding hydrogens is 424 g/mol. The van der Waals surface area contributed by atoms with Crippen molar-refractivity contribution in [3.63, 3.8) is 0 Å². The molecule has 1 aliphatic heterocycles.